The maximum Gasteiger partial charge on any atom is 0.251 e. The molecule has 0 fully saturated rings. The van der Waals surface area contributed by atoms with Crippen LogP contribution in [0.5, 0.6) is 5.75 Å². The number of nitrogens with zero attached hydrogens (tertiary/aromatic N) is 1. The lowest BCUT2D eigenvalue weighted by molar-refractivity contribution is 0.0947. The standard InChI is InChI=1S/C24H22N4O4S/c25-23-21-15-19(10-9-17(21)11-12-27-23)32-14-13-28-24(29)18-7-5-16(6-8-18)20-3-1-2-4-22(20)33(26,30)31/h1-12,15H,13-14H2,(H2,25,27)(H,28,29)(H2,26,30,31). The lowest BCUT2D eigenvalue weighted by Gasteiger charge is -2.10. The van der Waals surface area contributed by atoms with Crippen molar-refractivity contribution in [3.8, 4) is 16.9 Å². The molecule has 4 aromatic rings. The van der Waals surface area contributed by atoms with Crippen molar-refractivity contribution in [3.63, 3.8) is 0 Å². The maximum absolute atomic E-state index is 12.4. The van der Waals surface area contributed by atoms with Gasteiger partial charge in [0.2, 0.25) is 10.0 Å². The van der Waals surface area contributed by atoms with Gasteiger partial charge in [0.1, 0.15) is 18.2 Å². The molecule has 1 amide bonds. The van der Waals surface area contributed by atoms with Crippen LogP contribution in [0.1, 0.15) is 10.4 Å². The summed E-state index contributed by atoms with van der Waals surface area (Å²) in [5.41, 5.74) is 7.46. The predicted molar refractivity (Wildman–Crippen MR) is 127 cm³/mol. The highest BCUT2D eigenvalue weighted by Gasteiger charge is 2.15. The molecule has 33 heavy (non-hydrogen) atoms. The number of nitrogens with one attached hydrogen (secondary N) is 1. The number of hydrogen-bond donors (Lipinski definition) is 3. The maximum atomic E-state index is 12.4. The highest BCUT2D eigenvalue weighted by molar-refractivity contribution is 7.89. The van der Waals surface area contributed by atoms with Crippen LogP contribution >= 0.6 is 0 Å². The highest BCUT2D eigenvalue weighted by Crippen LogP contribution is 2.27. The number of nitrogens with two attached hydrogens (primary N) is 2. The first-order valence-electron chi connectivity index (χ1n) is 10.1. The van der Waals surface area contributed by atoms with E-state index < -0.39 is 10.0 Å². The number of fused-ring (bicyclic) bond motifs is 1. The van der Waals surface area contributed by atoms with E-state index >= 15 is 0 Å². The second kappa shape index (κ2) is 9.27. The van der Waals surface area contributed by atoms with Gasteiger partial charge in [-0.2, -0.15) is 0 Å². The van der Waals surface area contributed by atoms with Crippen LogP contribution < -0.4 is 20.9 Å². The first-order chi connectivity index (χ1) is 15.8. The van der Waals surface area contributed by atoms with Crippen molar-refractivity contribution in [3.05, 3.63) is 84.6 Å². The molecule has 5 N–H and O–H groups in total. The van der Waals surface area contributed by atoms with Crippen molar-refractivity contribution in [2.45, 2.75) is 4.90 Å². The van der Waals surface area contributed by atoms with Gasteiger partial charge in [-0.3, -0.25) is 4.79 Å². The number of ether oxygens (including phenoxy) is 1. The molecule has 0 saturated carbocycles. The lowest BCUT2D eigenvalue weighted by Crippen LogP contribution is -2.28. The molecule has 0 saturated heterocycles. The first kappa shape index (κ1) is 22.3. The number of nitrogen functional groups attached to an aromatic ring is 1. The Labute approximate surface area is 191 Å². The third-order valence-corrected chi connectivity index (χ3v) is 6.05. The van der Waals surface area contributed by atoms with Crippen molar-refractivity contribution in [1.29, 1.82) is 0 Å². The summed E-state index contributed by atoms with van der Waals surface area (Å²) in [5, 5.41) is 9.88. The van der Waals surface area contributed by atoms with Gasteiger partial charge in [-0.1, -0.05) is 36.4 Å². The van der Waals surface area contributed by atoms with Crippen molar-refractivity contribution in [2.24, 2.45) is 5.14 Å². The van der Waals surface area contributed by atoms with Crippen LogP contribution in [0.3, 0.4) is 0 Å². The number of anilines is 1. The van der Waals surface area contributed by atoms with E-state index in [1.165, 1.54) is 6.07 Å². The molecule has 8 nitrogen and oxygen atoms in total. The molecule has 0 radical (unpaired) electrons. The molecule has 0 bridgehead atoms. The lowest BCUT2D eigenvalue weighted by atomic mass is 10.0. The van der Waals surface area contributed by atoms with Crippen LogP contribution in [0.25, 0.3) is 21.9 Å². The van der Waals surface area contributed by atoms with Gasteiger partial charge in [0.25, 0.3) is 5.91 Å². The number of pyridine rings is 1. The molecule has 0 atom stereocenters. The number of sulfonamides is 1. The van der Waals surface area contributed by atoms with E-state index in [0.717, 1.165) is 10.8 Å². The fourth-order valence-electron chi connectivity index (χ4n) is 3.45. The first-order valence-corrected chi connectivity index (χ1v) is 11.6. The van der Waals surface area contributed by atoms with Crippen LogP contribution in [0.2, 0.25) is 0 Å². The number of amides is 1. The number of hydrogen-bond acceptors (Lipinski definition) is 6. The van der Waals surface area contributed by atoms with Crippen LogP contribution in [0, 0.1) is 0 Å². The van der Waals surface area contributed by atoms with Crippen molar-refractivity contribution in [1.82, 2.24) is 10.3 Å². The molecule has 0 aliphatic rings. The number of carbonyl (C=O) groups excluding carboxylic acids is 1. The van der Waals surface area contributed by atoms with E-state index in [0.29, 0.717) is 34.8 Å². The average molecular weight is 463 g/mol. The van der Waals surface area contributed by atoms with Gasteiger partial charge in [0.15, 0.2) is 0 Å². The van der Waals surface area contributed by atoms with Gasteiger partial charge < -0.3 is 15.8 Å². The van der Waals surface area contributed by atoms with Gasteiger partial charge in [-0.05, 0) is 47.3 Å². The summed E-state index contributed by atoms with van der Waals surface area (Å²) in [4.78, 5) is 16.5. The second-order valence-electron chi connectivity index (χ2n) is 7.30. The van der Waals surface area contributed by atoms with E-state index in [9.17, 15) is 13.2 Å². The molecular formula is C24H22N4O4S. The molecule has 3 aromatic carbocycles. The molecule has 0 aliphatic carbocycles. The van der Waals surface area contributed by atoms with E-state index in [2.05, 4.69) is 10.3 Å². The fraction of sp³-hybridized carbons (Fsp3) is 0.0833. The molecule has 1 heterocycles. The SMILES string of the molecule is Nc1nccc2ccc(OCCNC(=O)c3ccc(-c4ccccc4S(N)(=O)=O)cc3)cc12. The van der Waals surface area contributed by atoms with E-state index in [4.69, 9.17) is 15.6 Å². The van der Waals surface area contributed by atoms with E-state index in [1.54, 1.807) is 48.7 Å². The zero-order valence-corrected chi connectivity index (χ0v) is 18.4. The predicted octanol–water partition coefficient (Wildman–Crippen LogP) is 2.94. The Balaban J connectivity index is 1.36. The largest absolute Gasteiger partial charge is 0.492 e. The Morgan fingerprint density at radius 1 is 1.00 bits per heavy atom. The average Bonchev–Trinajstić information content (AvgIpc) is 2.82. The summed E-state index contributed by atoms with van der Waals surface area (Å²) >= 11 is 0. The summed E-state index contributed by atoms with van der Waals surface area (Å²) in [7, 11) is -3.86. The van der Waals surface area contributed by atoms with Gasteiger partial charge in [-0.25, -0.2) is 18.5 Å². The van der Waals surface area contributed by atoms with Gasteiger partial charge in [-0.15, -0.1) is 0 Å². The summed E-state index contributed by atoms with van der Waals surface area (Å²) in [5.74, 6) is 0.799. The fourth-order valence-corrected chi connectivity index (χ4v) is 4.21. The smallest absolute Gasteiger partial charge is 0.251 e. The zero-order valence-electron chi connectivity index (χ0n) is 17.6. The molecule has 0 aliphatic heterocycles. The summed E-state index contributed by atoms with van der Waals surface area (Å²) in [6.07, 6.45) is 1.65. The Morgan fingerprint density at radius 2 is 1.76 bits per heavy atom. The highest BCUT2D eigenvalue weighted by atomic mass is 32.2. The minimum Gasteiger partial charge on any atom is -0.492 e. The minimum atomic E-state index is -3.86. The molecular weight excluding hydrogens is 440 g/mol. The van der Waals surface area contributed by atoms with Crippen LogP contribution in [0.15, 0.2) is 83.9 Å². The minimum absolute atomic E-state index is 0.0329. The van der Waals surface area contributed by atoms with Gasteiger partial charge >= 0.3 is 0 Å². The molecule has 0 spiro atoms. The topological polar surface area (TPSA) is 137 Å². The Hall–Kier alpha value is -3.95. The molecule has 168 valence electrons. The second-order valence-corrected chi connectivity index (χ2v) is 8.83. The quantitative estimate of drug-likeness (QED) is 0.361. The van der Waals surface area contributed by atoms with Crippen molar-refractivity contribution in [2.75, 3.05) is 18.9 Å². The van der Waals surface area contributed by atoms with Crippen molar-refractivity contribution < 1.29 is 17.9 Å². The Bertz CT molecular complexity index is 1420. The molecule has 1 aromatic heterocycles. The Kier molecular flexibility index (Phi) is 6.25. The third kappa shape index (κ3) is 5.11. The Morgan fingerprint density at radius 3 is 2.52 bits per heavy atom. The van der Waals surface area contributed by atoms with Gasteiger partial charge in [0, 0.05) is 22.7 Å². The number of primary sulfonamides is 1. The summed E-state index contributed by atoms with van der Waals surface area (Å²) in [6.45, 7) is 0.576. The number of aromatic nitrogens is 1. The van der Waals surface area contributed by atoms with Crippen molar-refractivity contribution >= 4 is 32.5 Å². The zero-order chi connectivity index (χ0) is 23.4. The van der Waals surface area contributed by atoms with Crippen LogP contribution in [-0.2, 0) is 10.0 Å². The van der Waals surface area contributed by atoms with Crippen LogP contribution in [0.4, 0.5) is 5.82 Å². The number of benzene rings is 3. The number of carbonyl (C=O) groups is 1. The molecule has 9 heteroatoms. The third-order valence-electron chi connectivity index (χ3n) is 5.08. The molecule has 4 rings (SSSR count). The number of rotatable bonds is 7. The summed E-state index contributed by atoms with van der Waals surface area (Å²) < 4.78 is 29.4. The van der Waals surface area contributed by atoms with Crippen LogP contribution in [-0.4, -0.2) is 32.5 Å². The molecule has 0 unspecified atom stereocenters. The van der Waals surface area contributed by atoms with E-state index in [-0.39, 0.29) is 17.4 Å². The normalized spacial score (nSPS) is 11.3. The van der Waals surface area contributed by atoms with E-state index in [1.807, 2.05) is 24.3 Å². The summed E-state index contributed by atoms with van der Waals surface area (Å²) in [6, 6.07) is 20.5. The van der Waals surface area contributed by atoms with Gasteiger partial charge in [0.05, 0.1) is 11.4 Å². The monoisotopic (exact) mass is 462 g/mol.